The molecule has 3 aromatic rings. The Morgan fingerprint density at radius 3 is 1.74 bits per heavy atom. The summed E-state index contributed by atoms with van der Waals surface area (Å²) in [6.45, 7) is -0.322. The summed E-state index contributed by atoms with van der Waals surface area (Å²) in [5.74, 6) is 0. The minimum atomic E-state index is -3.51. The SMILES string of the molecule is O=C(c1ccc(CC(O)CO)cc1)P(=O)(c1ccccc1)c1ccccc1. The molecule has 0 aliphatic carbocycles. The average Bonchev–Trinajstić information content (AvgIpc) is 2.74. The van der Waals surface area contributed by atoms with Gasteiger partial charge in [0.05, 0.1) is 12.7 Å². The van der Waals surface area contributed by atoms with Gasteiger partial charge in [0.1, 0.15) is 0 Å². The van der Waals surface area contributed by atoms with Gasteiger partial charge in [-0.15, -0.1) is 0 Å². The number of rotatable bonds is 7. The Kier molecular flexibility index (Phi) is 6.02. The summed E-state index contributed by atoms with van der Waals surface area (Å²) in [6.07, 6.45) is -0.550. The summed E-state index contributed by atoms with van der Waals surface area (Å²) in [7, 11) is -3.51. The minimum Gasteiger partial charge on any atom is -0.394 e. The van der Waals surface area contributed by atoms with E-state index < -0.39 is 18.8 Å². The molecular formula is C22H21O4P. The Hall–Kier alpha value is -2.52. The molecule has 0 aromatic heterocycles. The summed E-state index contributed by atoms with van der Waals surface area (Å²) < 4.78 is 14.0. The first-order valence-corrected chi connectivity index (χ1v) is 10.4. The zero-order chi connectivity index (χ0) is 19.3. The predicted molar refractivity (Wildman–Crippen MR) is 107 cm³/mol. The van der Waals surface area contributed by atoms with E-state index in [-0.39, 0.29) is 6.61 Å². The molecule has 0 saturated carbocycles. The predicted octanol–water partition coefficient (Wildman–Crippen LogP) is 2.74. The van der Waals surface area contributed by atoms with E-state index in [0.717, 1.165) is 5.56 Å². The highest BCUT2D eigenvalue weighted by Gasteiger charge is 2.36. The Morgan fingerprint density at radius 2 is 1.30 bits per heavy atom. The summed E-state index contributed by atoms with van der Waals surface area (Å²) in [5, 5.41) is 19.5. The van der Waals surface area contributed by atoms with Crippen LogP contribution in [-0.2, 0) is 11.0 Å². The fourth-order valence-electron chi connectivity index (χ4n) is 2.96. The molecule has 4 nitrogen and oxygen atoms in total. The molecule has 0 spiro atoms. The maximum atomic E-state index is 14.0. The molecule has 1 atom stereocenters. The smallest absolute Gasteiger partial charge is 0.230 e. The molecule has 27 heavy (non-hydrogen) atoms. The van der Waals surface area contributed by atoms with Crippen molar-refractivity contribution in [2.45, 2.75) is 12.5 Å². The van der Waals surface area contributed by atoms with E-state index >= 15 is 0 Å². The Balaban J connectivity index is 2.01. The number of carbonyl (C=O) groups is 1. The quantitative estimate of drug-likeness (QED) is 0.618. The molecule has 0 aliphatic heterocycles. The zero-order valence-corrected chi connectivity index (χ0v) is 15.6. The molecule has 3 rings (SSSR count). The molecule has 5 heteroatoms. The number of carbonyl (C=O) groups excluding carboxylic acids is 1. The maximum absolute atomic E-state index is 14.0. The fourth-order valence-corrected chi connectivity index (χ4v) is 5.43. The highest BCUT2D eigenvalue weighted by Crippen LogP contribution is 2.46. The Morgan fingerprint density at radius 1 is 0.815 bits per heavy atom. The van der Waals surface area contributed by atoms with E-state index in [1.165, 1.54) is 0 Å². The van der Waals surface area contributed by atoms with Crippen molar-refractivity contribution in [2.75, 3.05) is 6.61 Å². The minimum absolute atomic E-state index is 0.292. The van der Waals surface area contributed by atoms with E-state index in [2.05, 4.69) is 0 Å². The Bertz CT molecular complexity index is 894. The van der Waals surface area contributed by atoms with Crippen LogP contribution in [0.3, 0.4) is 0 Å². The van der Waals surface area contributed by atoms with Crippen LogP contribution in [0, 0.1) is 0 Å². The van der Waals surface area contributed by atoms with E-state index in [1.807, 2.05) is 12.1 Å². The van der Waals surface area contributed by atoms with Crippen molar-refractivity contribution in [2.24, 2.45) is 0 Å². The van der Waals surface area contributed by atoms with Gasteiger partial charge >= 0.3 is 0 Å². The van der Waals surface area contributed by atoms with Crippen LogP contribution < -0.4 is 10.6 Å². The lowest BCUT2D eigenvalue weighted by atomic mass is 10.1. The van der Waals surface area contributed by atoms with Crippen LogP contribution in [0.25, 0.3) is 0 Å². The first kappa shape index (κ1) is 19.2. The van der Waals surface area contributed by atoms with Gasteiger partial charge in [-0.05, 0) is 5.56 Å². The van der Waals surface area contributed by atoms with Crippen molar-refractivity contribution >= 4 is 23.3 Å². The van der Waals surface area contributed by atoms with Crippen LogP contribution in [0.4, 0.5) is 0 Å². The number of aliphatic hydroxyl groups excluding tert-OH is 2. The van der Waals surface area contributed by atoms with Crippen LogP contribution in [0.5, 0.6) is 0 Å². The molecule has 3 aromatic carbocycles. The lowest BCUT2D eigenvalue weighted by molar-refractivity contribution is 0.0955. The summed E-state index contributed by atoms with van der Waals surface area (Å²) in [6, 6.07) is 24.3. The Labute approximate surface area is 158 Å². The van der Waals surface area contributed by atoms with Gasteiger partial charge in [-0.25, -0.2) is 0 Å². The largest absolute Gasteiger partial charge is 0.394 e. The summed E-state index contributed by atoms with van der Waals surface area (Å²) in [4.78, 5) is 13.3. The van der Waals surface area contributed by atoms with Crippen LogP contribution in [-0.4, -0.2) is 28.4 Å². The van der Waals surface area contributed by atoms with Gasteiger partial charge in [0.15, 0.2) is 0 Å². The molecule has 0 bridgehead atoms. The lowest BCUT2D eigenvalue weighted by Crippen LogP contribution is -2.22. The molecule has 1 unspecified atom stereocenters. The van der Waals surface area contributed by atoms with E-state index in [0.29, 0.717) is 22.6 Å². The van der Waals surface area contributed by atoms with Gasteiger partial charge in [-0.3, -0.25) is 4.79 Å². The van der Waals surface area contributed by atoms with Crippen molar-refractivity contribution in [1.29, 1.82) is 0 Å². The molecule has 138 valence electrons. The first-order valence-electron chi connectivity index (χ1n) is 8.69. The molecule has 0 saturated heterocycles. The first-order chi connectivity index (χ1) is 13.1. The zero-order valence-electron chi connectivity index (χ0n) is 14.7. The number of benzene rings is 3. The standard InChI is InChI=1S/C22H21O4P/c23-16-19(24)15-17-11-13-18(14-12-17)22(25)27(26,20-7-3-1-4-8-20)21-9-5-2-6-10-21/h1-14,19,23-24H,15-16H2. The van der Waals surface area contributed by atoms with Crippen LogP contribution in [0.2, 0.25) is 0 Å². The molecule has 2 N–H and O–H groups in total. The third kappa shape index (κ3) is 4.09. The van der Waals surface area contributed by atoms with Gasteiger partial charge in [-0.1, -0.05) is 84.9 Å². The van der Waals surface area contributed by atoms with E-state index in [9.17, 15) is 14.5 Å². The van der Waals surface area contributed by atoms with Gasteiger partial charge in [-0.2, -0.15) is 0 Å². The second-order valence-electron chi connectivity index (χ2n) is 6.32. The molecule has 0 heterocycles. The van der Waals surface area contributed by atoms with Crippen molar-refractivity contribution in [3.8, 4) is 0 Å². The van der Waals surface area contributed by atoms with Crippen molar-refractivity contribution in [1.82, 2.24) is 0 Å². The number of hydrogen-bond donors (Lipinski definition) is 2. The van der Waals surface area contributed by atoms with Crippen LogP contribution in [0.15, 0.2) is 84.9 Å². The van der Waals surface area contributed by atoms with Gasteiger partial charge in [0.2, 0.25) is 12.7 Å². The van der Waals surface area contributed by atoms with Crippen molar-refractivity contribution < 1.29 is 19.6 Å². The number of aliphatic hydroxyl groups is 2. The maximum Gasteiger partial charge on any atom is 0.230 e. The van der Waals surface area contributed by atoms with Gasteiger partial charge in [0, 0.05) is 22.6 Å². The molecule has 0 amide bonds. The van der Waals surface area contributed by atoms with Crippen molar-refractivity contribution in [3.05, 3.63) is 96.1 Å². The second kappa shape index (κ2) is 8.45. The van der Waals surface area contributed by atoms with Crippen molar-refractivity contribution in [3.63, 3.8) is 0 Å². The van der Waals surface area contributed by atoms with E-state index in [1.54, 1.807) is 72.8 Å². The molecule has 0 fully saturated rings. The molecule has 0 aliphatic rings. The normalized spacial score (nSPS) is 12.5. The second-order valence-corrected chi connectivity index (χ2v) is 8.98. The number of hydrogen-bond acceptors (Lipinski definition) is 4. The highest BCUT2D eigenvalue weighted by atomic mass is 31.2. The molecular weight excluding hydrogens is 359 g/mol. The third-order valence-corrected chi connectivity index (χ3v) is 7.29. The monoisotopic (exact) mass is 380 g/mol. The lowest BCUT2D eigenvalue weighted by Gasteiger charge is -2.18. The topological polar surface area (TPSA) is 74.6 Å². The van der Waals surface area contributed by atoms with Gasteiger partial charge in [0.25, 0.3) is 0 Å². The molecule has 0 radical (unpaired) electrons. The highest BCUT2D eigenvalue weighted by molar-refractivity contribution is 7.93. The average molecular weight is 380 g/mol. The van der Waals surface area contributed by atoms with Crippen LogP contribution in [0.1, 0.15) is 15.9 Å². The van der Waals surface area contributed by atoms with Gasteiger partial charge < -0.3 is 14.8 Å². The third-order valence-electron chi connectivity index (χ3n) is 4.41. The fraction of sp³-hybridized carbons (Fsp3) is 0.136. The summed E-state index contributed by atoms with van der Waals surface area (Å²) >= 11 is 0. The van der Waals surface area contributed by atoms with E-state index in [4.69, 9.17) is 5.11 Å². The summed E-state index contributed by atoms with van der Waals surface area (Å²) in [5.41, 5.74) is 0.727. The van der Waals surface area contributed by atoms with Crippen LogP contribution >= 0.6 is 7.14 Å².